The first kappa shape index (κ1) is 19.3. The lowest BCUT2D eigenvalue weighted by Gasteiger charge is -2.53. The number of hydrogen-bond acceptors (Lipinski definition) is 6. The van der Waals surface area contributed by atoms with E-state index in [0.717, 1.165) is 18.4 Å². The van der Waals surface area contributed by atoms with Crippen molar-refractivity contribution in [2.45, 2.75) is 31.4 Å². The molecule has 2 aliphatic rings. The molecule has 28 heavy (non-hydrogen) atoms. The van der Waals surface area contributed by atoms with Gasteiger partial charge in [-0.3, -0.25) is 0 Å². The van der Waals surface area contributed by atoms with Gasteiger partial charge in [0, 0.05) is 22.8 Å². The fourth-order valence-corrected chi connectivity index (χ4v) is 4.87. The van der Waals surface area contributed by atoms with Crippen molar-refractivity contribution in [1.82, 2.24) is 4.98 Å². The van der Waals surface area contributed by atoms with Crippen LogP contribution in [0.2, 0.25) is 0 Å². The summed E-state index contributed by atoms with van der Waals surface area (Å²) in [6, 6.07) is 3.31. The number of oxazole rings is 1. The van der Waals surface area contributed by atoms with E-state index in [1.807, 2.05) is 6.92 Å². The van der Waals surface area contributed by atoms with Crippen LogP contribution in [0.3, 0.4) is 0 Å². The summed E-state index contributed by atoms with van der Waals surface area (Å²) in [5.74, 6) is -0.915. The van der Waals surface area contributed by atoms with Crippen molar-refractivity contribution in [2.24, 2.45) is 16.1 Å². The van der Waals surface area contributed by atoms with Crippen molar-refractivity contribution in [3.8, 4) is 0 Å². The van der Waals surface area contributed by atoms with Gasteiger partial charge in [0.25, 0.3) is 6.43 Å². The van der Waals surface area contributed by atoms with Gasteiger partial charge in [0.15, 0.2) is 5.17 Å². The molecule has 1 aromatic heterocycles. The number of nitrogens with two attached hydrogens (primary N) is 1. The third kappa shape index (κ3) is 2.98. The summed E-state index contributed by atoms with van der Waals surface area (Å²) < 4.78 is 64.8. The van der Waals surface area contributed by atoms with Crippen molar-refractivity contribution in [3.05, 3.63) is 53.2 Å². The number of ether oxygens (including phenoxy) is 1. The minimum absolute atomic E-state index is 0.0391. The summed E-state index contributed by atoms with van der Waals surface area (Å²) in [6.45, 7) is 1.82. The second kappa shape index (κ2) is 6.77. The number of rotatable bonds is 3. The normalized spacial score (nSPS) is 30.2. The number of fused-ring (bicyclic) bond motifs is 1. The Balaban J connectivity index is 1.74. The number of alkyl halides is 2. The Morgan fingerprint density at radius 2 is 2.11 bits per heavy atom. The molecule has 0 amide bonds. The molecule has 1 fully saturated rings. The summed E-state index contributed by atoms with van der Waals surface area (Å²) >= 11 is 1.32. The standard InChI is InChI=1S/C18H17F4N3O2S/c1-17-5-13(15-24-12(6-26-15)14(21)22)27-7-18(17,25-16(23)28-8-17)10-3-2-9(19)4-11(10)20/h2-4,6,13-14H,5,7-8H2,1H3,(H2,23,25)/t13-,17+,18-/m1/s1. The molecule has 4 rings (SSSR count). The van der Waals surface area contributed by atoms with E-state index in [9.17, 15) is 17.6 Å². The minimum Gasteiger partial charge on any atom is -0.446 e. The Morgan fingerprint density at radius 1 is 1.32 bits per heavy atom. The van der Waals surface area contributed by atoms with Gasteiger partial charge in [-0.05, 0) is 12.5 Å². The molecule has 10 heteroatoms. The van der Waals surface area contributed by atoms with Gasteiger partial charge in [-0.1, -0.05) is 24.8 Å². The van der Waals surface area contributed by atoms with Crippen LogP contribution in [0.4, 0.5) is 17.6 Å². The van der Waals surface area contributed by atoms with E-state index >= 15 is 0 Å². The first-order valence-corrected chi connectivity index (χ1v) is 9.51. The average Bonchev–Trinajstić information content (AvgIpc) is 3.12. The fourth-order valence-electron chi connectivity index (χ4n) is 3.83. The first-order valence-electron chi connectivity index (χ1n) is 8.53. The summed E-state index contributed by atoms with van der Waals surface area (Å²) in [6.07, 6.45) is -2.25. The fraction of sp³-hybridized carbons (Fsp3) is 0.444. The van der Waals surface area contributed by atoms with Gasteiger partial charge in [0.05, 0.1) is 6.61 Å². The largest absolute Gasteiger partial charge is 0.446 e. The molecule has 0 spiro atoms. The summed E-state index contributed by atoms with van der Waals surface area (Å²) in [5, 5.41) is 0.277. The zero-order valence-corrected chi connectivity index (χ0v) is 15.6. The molecule has 0 unspecified atom stereocenters. The van der Waals surface area contributed by atoms with E-state index in [4.69, 9.17) is 14.9 Å². The van der Waals surface area contributed by atoms with E-state index in [2.05, 4.69) is 9.98 Å². The maximum atomic E-state index is 14.7. The van der Waals surface area contributed by atoms with E-state index in [1.54, 1.807) is 0 Å². The third-order valence-electron chi connectivity index (χ3n) is 5.38. The Hall–Kier alpha value is -2.07. The topological polar surface area (TPSA) is 73.6 Å². The van der Waals surface area contributed by atoms with E-state index in [1.165, 1.54) is 17.8 Å². The number of thioether (sulfide) groups is 1. The summed E-state index contributed by atoms with van der Waals surface area (Å²) in [4.78, 5) is 8.34. The molecular weight excluding hydrogens is 398 g/mol. The molecule has 2 aromatic rings. The molecule has 150 valence electrons. The van der Waals surface area contributed by atoms with Gasteiger partial charge in [-0.2, -0.15) is 0 Å². The van der Waals surface area contributed by atoms with E-state index < -0.39 is 40.8 Å². The highest BCUT2D eigenvalue weighted by Crippen LogP contribution is 2.57. The van der Waals surface area contributed by atoms with Gasteiger partial charge in [-0.15, -0.1) is 0 Å². The average molecular weight is 415 g/mol. The van der Waals surface area contributed by atoms with Crippen molar-refractivity contribution < 1.29 is 26.7 Å². The highest BCUT2D eigenvalue weighted by atomic mass is 32.2. The molecule has 0 radical (unpaired) electrons. The maximum Gasteiger partial charge on any atom is 0.283 e. The Morgan fingerprint density at radius 3 is 2.79 bits per heavy atom. The highest BCUT2D eigenvalue weighted by Gasteiger charge is 2.58. The van der Waals surface area contributed by atoms with Crippen LogP contribution in [0.5, 0.6) is 0 Å². The first-order chi connectivity index (χ1) is 13.2. The summed E-state index contributed by atoms with van der Waals surface area (Å²) in [7, 11) is 0. The van der Waals surface area contributed by atoms with Crippen LogP contribution >= 0.6 is 11.8 Å². The van der Waals surface area contributed by atoms with Crippen molar-refractivity contribution in [3.63, 3.8) is 0 Å². The van der Waals surface area contributed by atoms with E-state index in [0.29, 0.717) is 5.75 Å². The zero-order chi connectivity index (χ0) is 20.1. The highest BCUT2D eigenvalue weighted by molar-refractivity contribution is 8.13. The minimum atomic E-state index is -2.75. The number of hydrogen-bond donors (Lipinski definition) is 1. The SMILES string of the molecule is C[C@]12CSC(N)=N[C@@]1(c1ccc(F)cc1F)CO[C@@H](c1nc(C(F)F)co1)C2. The van der Waals surface area contributed by atoms with Gasteiger partial charge in [-0.25, -0.2) is 27.5 Å². The van der Waals surface area contributed by atoms with E-state index in [-0.39, 0.29) is 29.6 Å². The van der Waals surface area contributed by atoms with Crippen LogP contribution < -0.4 is 5.73 Å². The molecule has 0 aliphatic carbocycles. The molecule has 2 N–H and O–H groups in total. The molecular formula is C18H17F4N3O2S. The van der Waals surface area contributed by atoms with Crippen LogP contribution in [0, 0.1) is 17.0 Å². The molecule has 1 saturated heterocycles. The van der Waals surface area contributed by atoms with Gasteiger partial charge in [0.2, 0.25) is 5.89 Å². The lowest BCUT2D eigenvalue weighted by molar-refractivity contribution is -0.106. The Kier molecular flexibility index (Phi) is 4.65. The predicted molar refractivity (Wildman–Crippen MR) is 95.0 cm³/mol. The molecule has 3 heterocycles. The number of benzene rings is 1. The van der Waals surface area contributed by atoms with Crippen molar-refractivity contribution in [1.29, 1.82) is 0 Å². The molecule has 1 aromatic carbocycles. The Labute approximate surface area is 162 Å². The van der Waals surface area contributed by atoms with Crippen molar-refractivity contribution in [2.75, 3.05) is 12.4 Å². The lowest BCUT2D eigenvalue weighted by Crippen LogP contribution is -2.55. The van der Waals surface area contributed by atoms with Crippen LogP contribution in [-0.4, -0.2) is 22.5 Å². The van der Waals surface area contributed by atoms with Gasteiger partial charge >= 0.3 is 0 Å². The molecule has 3 atom stereocenters. The monoisotopic (exact) mass is 415 g/mol. The second-order valence-corrected chi connectivity index (χ2v) is 8.19. The van der Waals surface area contributed by atoms with Gasteiger partial charge < -0.3 is 14.9 Å². The summed E-state index contributed by atoms with van der Waals surface area (Å²) in [5.41, 5.74) is 3.81. The molecule has 0 bridgehead atoms. The number of halogens is 4. The van der Waals surface area contributed by atoms with Crippen molar-refractivity contribution >= 4 is 16.9 Å². The number of aromatic nitrogens is 1. The smallest absolute Gasteiger partial charge is 0.283 e. The zero-order valence-electron chi connectivity index (χ0n) is 14.8. The maximum absolute atomic E-state index is 14.7. The van der Waals surface area contributed by atoms with Gasteiger partial charge in [0.1, 0.15) is 35.2 Å². The van der Waals surface area contributed by atoms with Crippen LogP contribution in [0.25, 0.3) is 0 Å². The molecule has 2 aliphatic heterocycles. The Bertz CT molecular complexity index is 937. The third-order valence-corrected chi connectivity index (χ3v) is 6.55. The van der Waals surface area contributed by atoms with Crippen LogP contribution in [0.1, 0.15) is 43.0 Å². The quantitative estimate of drug-likeness (QED) is 0.756. The predicted octanol–water partition coefficient (Wildman–Crippen LogP) is 4.32. The van der Waals surface area contributed by atoms with Crippen LogP contribution in [-0.2, 0) is 10.3 Å². The second-order valence-electron chi connectivity index (χ2n) is 7.20. The lowest BCUT2D eigenvalue weighted by atomic mass is 9.64. The number of amidine groups is 1. The molecule has 0 saturated carbocycles. The van der Waals surface area contributed by atoms with Crippen LogP contribution in [0.15, 0.2) is 33.9 Å². The molecule has 5 nitrogen and oxygen atoms in total. The number of nitrogens with zero attached hydrogens (tertiary/aromatic N) is 2. The number of aliphatic imine (C=N–C) groups is 1.